The summed E-state index contributed by atoms with van der Waals surface area (Å²) in [6.07, 6.45) is 0.276. The fourth-order valence-electron chi connectivity index (χ4n) is 1.18. The zero-order valence-corrected chi connectivity index (χ0v) is 11.1. The van der Waals surface area contributed by atoms with Gasteiger partial charge < -0.3 is 15.2 Å². The molecule has 1 amide bonds. The number of carbonyl (C=O) groups is 2. The molecule has 0 heterocycles. The van der Waals surface area contributed by atoms with Crippen molar-refractivity contribution in [1.29, 1.82) is 0 Å². The highest BCUT2D eigenvalue weighted by atomic mass is 16.5. The third-order valence-electron chi connectivity index (χ3n) is 2.09. The second-order valence-corrected chi connectivity index (χ2v) is 5.14. The molecule has 0 fully saturated rings. The SMILES string of the molecule is CC(C)OC(=O)CCNC(=O)CC(C)(C)CO. The summed E-state index contributed by atoms with van der Waals surface area (Å²) < 4.78 is 4.92. The number of ether oxygens (including phenoxy) is 1. The van der Waals surface area contributed by atoms with Crippen molar-refractivity contribution in [2.24, 2.45) is 5.41 Å². The van der Waals surface area contributed by atoms with Crippen LogP contribution in [0.4, 0.5) is 0 Å². The van der Waals surface area contributed by atoms with Crippen LogP contribution in [0.3, 0.4) is 0 Å². The number of amides is 1. The fraction of sp³-hybridized carbons (Fsp3) is 0.833. The minimum absolute atomic E-state index is 0.0458. The Morgan fingerprint density at radius 2 is 1.94 bits per heavy atom. The second kappa shape index (κ2) is 7.27. The number of rotatable bonds is 7. The quantitative estimate of drug-likeness (QED) is 0.652. The largest absolute Gasteiger partial charge is 0.463 e. The van der Waals surface area contributed by atoms with E-state index in [1.54, 1.807) is 27.7 Å². The van der Waals surface area contributed by atoms with Crippen molar-refractivity contribution in [1.82, 2.24) is 5.32 Å². The first kappa shape index (κ1) is 15.9. The molecule has 0 atom stereocenters. The molecule has 0 aliphatic heterocycles. The molecule has 0 aromatic carbocycles. The standard InChI is InChI=1S/C12H23NO4/c1-9(2)17-11(16)5-6-13-10(15)7-12(3,4)8-14/h9,14H,5-8H2,1-4H3,(H,13,15). The van der Waals surface area contributed by atoms with Gasteiger partial charge in [-0.05, 0) is 19.3 Å². The Kier molecular flexibility index (Phi) is 6.80. The summed E-state index contributed by atoms with van der Waals surface area (Å²) >= 11 is 0. The fourth-order valence-corrected chi connectivity index (χ4v) is 1.18. The molecule has 0 aromatic heterocycles. The van der Waals surface area contributed by atoms with Gasteiger partial charge in [0.1, 0.15) is 0 Å². The molecule has 0 aliphatic rings. The van der Waals surface area contributed by atoms with Gasteiger partial charge in [-0.15, -0.1) is 0 Å². The molecule has 0 saturated heterocycles. The van der Waals surface area contributed by atoms with Crippen LogP contribution < -0.4 is 5.32 Å². The third-order valence-corrected chi connectivity index (χ3v) is 2.09. The second-order valence-electron chi connectivity index (χ2n) is 5.14. The molecule has 5 nitrogen and oxygen atoms in total. The number of nitrogens with one attached hydrogen (secondary N) is 1. The van der Waals surface area contributed by atoms with Gasteiger partial charge in [-0.2, -0.15) is 0 Å². The van der Waals surface area contributed by atoms with Gasteiger partial charge in [0.05, 0.1) is 12.5 Å². The maximum Gasteiger partial charge on any atom is 0.307 e. The maximum atomic E-state index is 11.4. The first-order chi connectivity index (χ1) is 7.76. The molecular formula is C12H23NO4. The zero-order chi connectivity index (χ0) is 13.5. The van der Waals surface area contributed by atoms with E-state index in [1.165, 1.54) is 0 Å². The molecular weight excluding hydrogens is 222 g/mol. The Morgan fingerprint density at radius 1 is 1.35 bits per heavy atom. The Balaban J connectivity index is 3.75. The van der Waals surface area contributed by atoms with Gasteiger partial charge in [0, 0.05) is 19.6 Å². The van der Waals surface area contributed by atoms with Gasteiger partial charge >= 0.3 is 5.97 Å². The zero-order valence-electron chi connectivity index (χ0n) is 11.1. The molecule has 0 rings (SSSR count). The molecule has 0 aromatic rings. The molecule has 0 saturated carbocycles. The summed E-state index contributed by atoms with van der Waals surface area (Å²) in [6.45, 7) is 7.39. The predicted molar refractivity (Wildman–Crippen MR) is 64.3 cm³/mol. The summed E-state index contributed by atoms with van der Waals surface area (Å²) in [6, 6.07) is 0. The Labute approximate surface area is 103 Å². The topological polar surface area (TPSA) is 75.6 Å². The van der Waals surface area contributed by atoms with Crippen LogP contribution in [0.1, 0.15) is 40.5 Å². The van der Waals surface area contributed by atoms with Crippen LogP contribution in [-0.2, 0) is 14.3 Å². The summed E-state index contributed by atoms with van der Waals surface area (Å²) in [7, 11) is 0. The van der Waals surface area contributed by atoms with E-state index in [0.717, 1.165) is 0 Å². The molecule has 0 radical (unpaired) electrons. The highest BCUT2D eigenvalue weighted by Gasteiger charge is 2.20. The highest BCUT2D eigenvalue weighted by Crippen LogP contribution is 2.18. The normalized spacial score (nSPS) is 11.4. The smallest absolute Gasteiger partial charge is 0.307 e. The van der Waals surface area contributed by atoms with Crippen LogP contribution in [0.25, 0.3) is 0 Å². The van der Waals surface area contributed by atoms with Gasteiger partial charge in [-0.1, -0.05) is 13.8 Å². The van der Waals surface area contributed by atoms with Crippen molar-refractivity contribution in [2.75, 3.05) is 13.2 Å². The van der Waals surface area contributed by atoms with Crippen molar-refractivity contribution in [3.05, 3.63) is 0 Å². The molecule has 0 aliphatic carbocycles. The Hall–Kier alpha value is -1.10. The van der Waals surface area contributed by atoms with Gasteiger partial charge in [0.15, 0.2) is 0 Å². The Bertz CT molecular complexity index is 261. The third kappa shape index (κ3) is 8.68. The summed E-state index contributed by atoms with van der Waals surface area (Å²) in [4.78, 5) is 22.6. The lowest BCUT2D eigenvalue weighted by Gasteiger charge is -2.20. The van der Waals surface area contributed by atoms with Gasteiger partial charge in [-0.3, -0.25) is 9.59 Å². The lowest BCUT2D eigenvalue weighted by Crippen LogP contribution is -2.32. The lowest BCUT2D eigenvalue weighted by atomic mass is 9.90. The van der Waals surface area contributed by atoms with Gasteiger partial charge in [-0.25, -0.2) is 0 Å². The van der Waals surface area contributed by atoms with Crippen LogP contribution >= 0.6 is 0 Å². The number of hydrogen-bond acceptors (Lipinski definition) is 4. The number of aliphatic hydroxyl groups excluding tert-OH is 1. The van der Waals surface area contributed by atoms with Crippen LogP contribution in [0.2, 0.25) is 0 Å². The summed E-state index contributed by atoms with van der Waals surface area (Å²) in [5.74, 6) is -0.483. The Morgan fingerprint density at radius 3 is 2.41 bits per heavy atom. The van der Waals surface area contributed by atoms with E-state index < -0.39 is 5.41 Å². The van der Waals surface area contributed by atoms with Crippen molar-refractivity contribution in [3.8, 4) is 0 Å². The van der Waals surface area contributed by atoms with Crippen molar-refractivity contribution < 1.29 is 19.4 Å². The molecule has 0 spiro atoms. The van der Waals surface area contributed by atoms with E-state index in [4.69, 9.17) is 9.84 Å². The molecule has 0 unspecified atom stereocenters. The highest BCUT2D eigenvalue weighted by molar-refractivity contribution is 5.77. The van der Waals surface area contributed by atoms with E-state index in [9.17, 15) is 9.59 Å². The number of hydrogen-bond donors (Lipinski definition) is 2. The van der Waals surface area contributed by atoms with Gasteiger partial charge in [0.2, 0.25) is 5.91 Å². The predicted octanol–water partition coefficient (Wildman–Crippen LogP) is 0.853. The molecule has 17 heavy (non-hydrogen) atoms. The van der Waals surface area contributed by atoms with Crippen LogP contribution in [0.15, 0.2) is 0 Å². The minimum atomic E-state index is -0.428. The van der Waals surface area contributed by atoms with Crippen molar-refractivity contribution in [3.63, 3.8) is 0 Å². The molecule has 100 valence electrons. The van der Waals surface area contributed by atoms with Gasteiger partial charge in [0.25, 0.3) is 0 Å². The summed E-state index contributed by atoms with van der Waals surface area (Å²) in [5.41, 5.74) is -0.428. The van der Waals surface area contributed by atoms with E-state index in [1.807, 2.05) is 0 Å². The average molecular weight is 245 g/mol. The number of aliphatic hydroxyl groups is 1. The summed E-state index contributed by atoms with van der Waals surface area (Å²) in [5, 5.41) is 11.6. The van der Waals surface area contributed by atoms with Crippen LogP contribution in [0.5, 0.6) is 0 Å². The monoisotopic (exact) mass is 245 g/mol. The van der Waals surface area contributed by atoms with Crippen molar-refractivity contribution in [2.45, 2.75) is 46.6 Å². The van der Waals surface area contributed by atoms with Crippen LogP contribution in [0, 0.1) is 5.41 Å². The van der Waals surface area contributed by atoms with Crippen molar-refractivity contribution >= 4 is 11.9 Å². The first-order valence-corrected chi connectivity index (χ1v) is 5.84. The molecule has 0 bridgehead atoms. The number of esters is 1. The van der Waals surface area contributed by atoms with E-state index >= 15 is 0 Å². The average Bonchev–Trinajstić information content (AvgIpc) is 2.15. The van der Waals surface area contributed by atoms with Crippen LogP contribution in [-0.4, -0.2) is 36.2 Å². The lowest BCUT2D eigenvalue weighted by molar-refractivity contribution is -0.147. The molecule has 5 heteroatoms. The minimum Gasteiger partial charge on any atom is -0.463 e. The van der Waals surface area contributed by atoms with E-state index in [-0.39, 0.29) is 44.0 Å². The maximum absolute atomic E-state index is 11.4. The first-order valence-electron chi connectivity index (χ1n) is 5.84. The molecule has 2 N–H and O–H groups in total. The number of carbonyl (C=O) groups excluding carboxylic acids is 2. The van der Waals surface area contributed by atoms with E-state index in [2.05, 4.69) is 5.32 Å². The van der Waals surface area contributed by atoms with E-state index in [0.29, 0.717) is 0 Å².